The molecule has 0 aliphatic heterocycles. The molecule has 1 nitrogen and oxygen atoms in total. The molecule has 0 fully saturated rings. The van der Waals surface area contributed by atoms with Gasteiger partial charge in [0.05, 0.1) is 6.10 Å². The van der Waals surface area contributed by atoms with E-state index in [0.717, 1.165) is 10.6 Å². The summed E-state index contributed by atoms with van der Waals surface area (Å²) in [4.78, 5) is 0. The van der Waals surface area contributed by atoms with Crippen LogP contribution in [0.1, 0.15) is 19.4 Å². The Morgan fingerprint density at radius 1 is 1.38 bits per heavy atom. The second kappa shape index (κ2) is 4.64. The van der Waals surface area contributed by atoms with Crippen LogP contribution in [0.3, 0.4) is 0 Å². The molecule has 0 aromatic heterocycles. The van der Waals surface area contributed by atoms with Gasteiger partial charge in [-0.05, 0) is 30.0 Å². The molecule has 13 heavy (non-hydrogen) atoms. The molecule has 1 aromatic carbocycles. The van der Waals surface area contributed by atoms with Gasteiger partial charge in [-0.2, -0.15) is 0 Å². The first-order valence-corrected chi connectivity index (χ1v) is 4.90. The highest BCUT2D eigenvalue weighted by Crippen LogP contribution is 2.14. The smallest absolute Gasteiger partial charge is 0.0603 e. The molecule has 0 heterocycles. The number of rotatable bonds is 3. The van der Waals surface area contributed by atoms with E-state index >= 15 is 0 Å². The SMILES string of the molecule is CC(C)C(O)Cc1cccc(Cl)c1. The third-order valence-corrected chi connectivity index (χ3v) is 2.34. The van der Waals surface area contributed by atoms with Gasteiger partial charge in [-0.25, -0.2) is 0 Å². The molecule has 1 rings (SSSR count). The molecule has 0 saturated heterocycles. The first-order chi connectivity index (χ1) is 6.09. The summed E-state index contributed by atoms with van der Waals surface area (Å²) in [5.41, 5.74) is 1.09. The van der Waals surface area contributed by atoms with Crippen LogP contribution in [0.15, 0.2) is 24.3 Å². The molecule has 1 N–H and O–H groups in total. The summed E-state index contributed by atoms with van der Waals surface area (Å²) in [6.45, 7) is 4.02. The molecule has 0 spiro atoms. The molecule has 0 bridgehead atoms. The second-order valence-electron chi connectivity index (χ2n) is 3.65. The summed E-state index contributed by atoms with van der Waals surface area (Å²) in [6, 6.07) is 7.63. The monoisotopic (exact) mass is 198 g/mol. The third-order valence-electron chi connectivity index (χ3n) is 2.10. The maximum atomic E-state index is 9.63. The minimum absolute atomic E-state index is 0.279. The second-order valence-corrected chi connectivity index (χ2v) is 4.08. The van der Waals surface area contributed by atoms with E-state index < -0.39 is 0 Å². The van der Waals surface area contributed by atoms with Crippen LogP contribution in [0.4, 0.5) is 0 Å². The van der Waals surface area contributed by atoms with Gasteiger partial charge in [0.2, 0.25) is 0 Å². The lowest BCUT2D eigenvalue weighted by atomic mass is 9.99. The Kier molecular flexibility index (Phi) is 3.76. The van der Waals surface area contributed by atoms with Crippen LogP contribution < -0.4 is 0 Å². The van der Waals surface area contributed by atoms with E-state index in [1.165, 1.54) is 0 Å². The minimum atomic E-state index is -0.279. The van der Waals surface area contributed by atoms with Crippen molar-refractivity contribution < 1.29 is 5.11 Å². The number of benzene rings is 1. The molecular formula is C11H15ClO. The van der Waals surface area contributed by atoms with Crippen LogP contribution in [-0.4, -0.2) is 11.2 Å². The molecule has 0 radical (unpaired) electrons. The molecular weight excluding hydrogens is 184 g/mol. The van der Waals surface area contributed by atoms with Gasteiger partial charge in [0.1, 0.15) is 0 Å². The van der Waals surface area contributed by atoms with Gasteiger partial charge >= 0.3 is 0 Å². The summed E-state index contributed by atoms with van der Waals surface area (Å²) in [5, 5.41) is 10.4. The van der Waals surface area contributed by atoms with Gasteiger partial charge in [-0.3, -0.25) is 0 Å². The predicted octanol–water partition coefficient (Wildman–Crippen LogP) is 2.90. The largest absolute Gasteiger partial charge is 0.393 e. The highest BCUT2D eigenvalue weighted by Gasteiger charge is 2.09. The lowest BCUT2D eigenvalue weighted by Crippen LogP contribution is -2.17. The van der Waals surface area contributed by atoms with Gasteiger partial charge in [0.25, 0.3) is 0 Å². The molecule has 1 aromatic rings. The van der Waals surface area contributed by atoms with Crippen LogP contribution in [-0.2, 0) is 6.42 Å². The Hall–Kier alpha value is -0.530. The Balaban J connectivity index is 2.64. The van der Waals surface area contributed by atoms with Crippen molar-refractivity contribution in [2.75, 3.05) is 0 Å². The van der Waals surface area contributed by atoms with Gasteiger partial charge in [-0.1, -0.05) is 37.6 Å². The third kappa shape index (κ3) is 3.37. The number of hydrogen-bond donors (Lipinski definition) is 1. The number of halogens is 1. The van der Waals surface area contributed by atoms with Crippen molar-refractivity contribution >= 4 is 11.6 Å². The van der Waals surface area contributed by atoms with Gasteiger partial charge < -0.3 is 5.11 Å². The summed E-state index contributed by atoms with van der Waals surface area (Å²) >= 11 is 5.83. The van der Waals surface area contributed by atoms with E-state index in [1.807, 2.05) is 38.1 Å². The van der Waals surface area contributed by atoms with Crippen molar-refractivity contribution in [2.45, 2.75) is 26.4 Å². The van der Waals surface area contributed by atoms with Crippen molar-refractivity contribution in [3.8, 4) is 0 Å². The first kappa shape index (κ1) is 10.6. The van der Waals surface area contributed by atoms with Crippen molar-refractivity contribution in [1.82, 2.24) is 0 Å². The summed E-state index contributed by atoms with van der Waals surface area (Å²) in [5.74, 6) is 0.291. The van der Waals surface area contributed by atoms with Crippen LogP contribution >= 0.6 is 11.6 Å². The normalized spacial score (nSPS) is 13.3. The predicted molar refractivity (Wildman–Crippen MR) is 56.0 cm³/mol. The van der Waals surface area contributed by atoms with Crippen molar-refractivity contribution in [3.05, 3.63) is 34.9 Å². The number of aliphatic hydroxyl groups excluding tert-OH is 1. The van der Waals surface area contributed by atoms with Crippen LogP contribution in [0.25, 0.3) is 0 Å². The first-order valence-electron chi connectivity index (χ1n) is 4.52. The summed E-state index contributed by atoms with van der Waals surface area (Å²) < 4.78 is 0. The Labute approximate surface area is 84.4 Å². The molecule has 1 atom stereocenters. The highest BCUT2D eigenvalue weighted by atomic mass is 35.5. The Morgan fingerprint density at radius 3 is 2.62 bits per heavy atom. The maximum Gasteiger partial charge on any atom is 0.0603 e. The van der Waals surface area contributed by atoms with Gasteiger partial charge in [0, 0.05) is 5.02 Å². The van der Waals surface area contributed by atoms with Crippen molar-refractivity contribution in [1.29, 1.82) is 0 Å². The van der Waals surface area contributed by atoms with Crippen LogP contribution in [0, 0.1) is 5.92 Å². The molecule has 2 heteroatoms. The van der Waals surface area contributed by atoms with E-state index in [9.17, 15) is 5.11 Å². The van der Waals surface area contributed by atoms with E-state index in [2.05, 4.69) is 0 Å². The fraction of sp³-hybridized carbons (Fsp3) is 0.455. The van der Waals surface area contributed by atoms with Crippen molar-refractivity contribution in [3.63, 3.8) is 0 Å². The molecule has 0 aliphatic rings. The maximum absolute atomic E-state index is 9.63. The lowest BCUT2D eigenvalue weighted by Gasteiger charge is -2.14. The van der Waals surface area contributed by atoms with Crippen LogP contribution in [0.5, 0.6) is 0 Å². The average Bonchev–Trinajstić information content (AvgIpc) is 2.04. The fourth-order valence-electron chi connectivity index (χ4n) is 1.14. The minimum Gasteiger partial charge on any atom is -0.393 e. The van der Waals surface area contributed by atoms with Gasteiger partial charge in [0.15, 0.2) is 0 Å². The molecule has 72 valence electrons. The van der Waals surface area contributed by atoms with E-state index in [-0.39, 0.29) is 6.10 Å². The summed E-state index contributed by atoms with van der Waals surface area (Å²) in [7, 11) is 0. The van der Waals surface area contributed by atoms with E-state index in [0.29, 0.717) is 12.3 Å². The van der Waals surface area contributed by atoms with Gasteiger partial charge in [-0.15, -0.1) is 0 Å². The zero-order chi connectivity index (χ0) is 9.84. The highest BCUT2D eigenvalue weighted by molar-refractivity contribution is 6.30. The fourth-order valence-corrected chi connectivity index (χ4v) is 1.35. The zero-order valence-electron chi connectivity index (χ0n) is 8.00. The van der Waals surface area contributed by atoms with Crippen LogP contribution in [0.2, 0.25) is 5.02 Å². The molecule has 1 unspecified atom stereocenters. The molecule has 0 amide bonds. The van der Waals surface area contributed by atoms with E-state index in [1.54, 1.807) is 0 Å². The zero-order valence-corrected chi connectivity index (χ0v) is 8.75. The Morgan fingerprint density at radius 2 is 2.08 bits per heavy atom. The standard InChI is InChI=1S/C11H15ClO/c1-8(2)11(13)7-9-4-3-5-10(12)6-9/h3-6,8,11,13H,7H2,1-2H3. The molecule has 0 saturated carbocycles. The lowest BCUT2D eigenvalue weighted by molar-refractivity contribution is 0.126. The average molecular weight is 199 g/mol. The topological polar surface area (TPSA) is 20.2 Å². The number of aliphatic hydroxyl groups is 1. The molecule has 0 aliphatic carbocycles. The van der Waals surface area contributed by atoms with E-state index in [4.69, 9.17) is 11.6 Å². The number of hydrogen-bond acceptors (Lipinski definition) is 1. The Bertz CT molecular complexity index is 271. The summed E-state index contributed by atoms with van der Waals surface area (Å²) in [6.07, 6.45) is 0.400. The quantitative estimate of drug-likeness (QED) is 0.792. The van der Waals surface area contributed by atoms with Crippen molar-refractivity contribution in [2.24, 2.45) is 5.92 Å².